The van der Waals surface area contributed by atoms with E-state index in [4.69, 9.17) is 15.2 Å². The van der Waals surface area contributed by atoms with Gasteiger partial charge in [0.25, 0.3) is 0 Å². The molecule has 0 atom stereocenters. The van der Waals surface area contributed by atoms with Gasteiger partial charge >= 0.3 is 11.9 Å². The maximum atomic E-state index is 12.7. The fourth-order valence-electron chi connectivity index (χ4n) is 3.50. The predicted octanol–water partition coefficient (Wildman–Crippen LogP) is 5.39. The smallest absolute Gasteiger partial charge is 0.340 e. The van der Waals surface area contributed by atoms with Gasteiger partial charge in [-0.2, -0.15) is 0 Å². The number of ether oxygens (including phenoxy) is 2. The molecule has 3 aromatic carbocycles. The summed E-state index contributed by atoms with van der Waals surface area (Å²) in [5, 5.41) is 2.99. The van der Waals surface area contributed by atoms with Crippen LogP contribution < -0.4 is 11.1 Å². The molecule has 6 heteroatoms. The first-order valence-corrected chi connectivity index (χ1v) is 10.3. The zero-order chi connectivity index (χ0) is 23.5. The molecule has 6 nitrogen and oxygen atoms in total. The number of anilines is 2. The minimum Gasteiger partial charge on any atom is -0.465 e. The van der Waals surface area contributed by atoms with Crippen molar-refractivity contribution in [3.63, 3.8) is 0 Å². The molecule has 166 valence electrons. The molecule has 0 aliphatic rings. The van der Waals surface area contributed by atoms with Gasteiger partial charge in [0.2, 0.25) is 0 Å². The molecule has 0 unspecified atom stereocenters. The standard InChI is InChI=1S/C26H28N2O4/c1-26(2,3)32-25(30)20-9-7-6-8-18(20)16-10-12-17(13-11-16)19-14-15-21(24(29)31-5)23(28-4)22(19)27/h6-15,28H,27H2,1-5H3. The molecule has 0 aliphatic carbocycles. The predicted molar refractivity (Wildman–Crippen MR) is 128 cm³/mol. The van der Waals surface area contributed by atoms with Gasteiger partial charge in [-0.05, 0) is 49.6 Å². The first kappa shape index (κ1) is 22.9. The number of rotatable bonds is 5. The van der Waals surface area contributed by atoms with Crippen LogP contribution in [-0.4, -0.2) is 31.7 Å². The number of hydrogen-bond donors (Lipinski definition) is 2. The van der Waals surface area contributed by atoms with Crippen LogP contribution in [0.2, 0.25) is 0 Å². The highest BCUT2D eigenvalue weighted by Crippen LogP contribution is 2.36. The van der Waals surface area contributed by atoms with Crippen molar-refractivity contribution in [2.24, 2.45) is 0 Å². The van der Waals surface area contributed by atoms with Gasteiger partial charge in [0, 0.05) is 12.6 Å². The van der Waals surface area contributed by atoms with Crippen LogP contribution in [0.15, 0.2) is 60.7 Å². The van der Waals surface area contributed by atoms with E-state index < -0.39 is 11.6 Å². The summed E-state index contributed by atoms with van der Waals surface area (Å²) in [4.78, 5) is 24.7. The molecular formula is C26H28N2O4. The Kier molecular flexibility index (Phi) is 6.53. The Balaban J connectivity index is 1.99. The van der Waals surface area contributed by atoms with Crippen molar-refractivity contribution in [3.8, 4) is 22.3 Å². The molecule has 0 bridgehead atoms. The van der Waals surface area contributed by atoms with Crippen LogP contribution in [0.4, 0.5) is 11.4 Å². The molecule has 0 aromatic heterocycles. The van der Waals surface area contributed by atoms with E-state index in [0.29, 0.717) is 22.5 Å². The summed E-state index contributed by atoms with van der Waals surface area (Å²) in [5.41, 5.74) is 11.0. The van der Waals surface area contributed by atoms with Crippen LogP contribution in [0.1, 0.15) is 41.5 Å². The molecule has 0 amide bonds. The number of nitrogen functional groups attached to an aromatic ring is 1. The number of nitrogens with one attached hydrogen (secondary N) is 1. The van der Waals surface area contributed by atoms with Crippen LogP contribution in [0.5, 0.6) is 0 Å². The Morgan fingerprint density at radius 2 is 1.41 bits per heavy atom. The molecule has 0 aliphatic heterocycles. The van der Waals surface area contributed by atoms with Crippen molar-refractivity contribution in [2.45, 2.75) is 26.4 Å². The number of carbonyl (C=O) groups is 2. The van der Waals surface area contributed by atoms with Gasteiger partial charge in [-0.15, -0.1) is 0 Å². The topological polar surface area (TPSA) is 90.6 Å². The van der Waals surface area contributed by atoms with Crippen LogP contribution >= 0.6 is 0 Å². The summed E-state index contributed by atoms with van der Waals surface area (Å²) in [6, 6.07) is 18.6. The third kappa shape index (κ3) is 4.75. The lowest BCUT2D eigenvalue weighted by Crippen LogP contribution is -2.24. The fraction of sp³-hybridized carbons (Fsp3) is 0.231. The lowest BCUT2D eigenvalue weighted by atomic mass is 9.95. The first-order chi connectivity index (χ1) is 15.2. The molecule has 0 heterocycles. The Hall–Kier alpha value is -3.80. The normalized spacial score (nSPS) is 11.0. The molecule has 0 saturated heterocycles. The maximum absolute atomic E-state index is 12.7. The Morgan fingerprint density at radius 3 is 1.97 bits per heavy atom. The molecule has 3 aromatic rings. The summed E-state index contributed by atoms with van der Waals surface area (Å²) < 4.78 is 10.4. The van der Waals surface area contributed by atoms with Gasteiger partial charge in [-0.25, -0.2) is 9.59 Å². The second kappa shape index (κ2) is 9.14. The summed E-state index contributed by atoms with van der Waals surface area (Å²) in [7, 11) is 3.04. The molecule has 3 N–H and O–H groups in total. The van der Waals surface area contributed by atoms with E-state index >= 15 is 0 Å². The summed E-state index contributed by atoms with van der Waals surface area (Å²) >= 11 is 0. The first-order valence-electron chi connectivity index (χ1n) is 10.3. The van der Waals surface area contributed by atoms with Gasteiger partial charge in [-0.3, -0.25) is 0 Å². The number of esters is 2. The molecule has 0 saturated carbocycles. The van der Waals surface area contributed by atoms with E-state index in [0.717, 1.165) is 22.3 Å². The SMILES string of the molecule is CNc1c(C(=O)OC)ccc(-c2ccc(-c3ccccc3C(=O)OC(C)(C)C)cc2)c1N. The van der Waals surface area contributed by atoms with E-state index in [1.807, 2.05) is 63.2 Å². The maximum Gasteiger partial charge on any atom is 0.340 e. The van der Waals surface area contributed by atoms with E-state index in [-0.39, 0.29) is 5.97 Å². The van der Waals surface area contributed by atoms with Gasteiger partial charge < -0.3 is 20.5 Å². The van der Waals surface area contributed by atoms with Crippen molar-refractivity contribution in [3.05, 3.63) is 71.8 Å². The van der Waals surface area contributed by atoms with Crippen LogP contribution in [0.3, 0.4) is 0 Å². The minimum absolute atomic E-state index is 0.363. The van der Waals surface area contributed by atoms with Crippen molar-refractivity contribution >= 4 is 23.3 Å². The molecular weight excluding hydrogens is 404 g/mol. The number of methoxy groups -OCH3 is 1. The lowest BCUT2D eigenvalue weighted by molar-refractivity contribution is 0.00702. The molecule has 3 rings (SSSR count). The Labute approximate surface area is 188 Å². The number of hydrogen-bond acceptors (Lipinski definition) is 6. The van der Waals surface area contributed by atoms with E-state index in [1.165, 1.54) is 7.11 Å². The number of benzene rings is 3. The average molecular weight is 433 g/mol. The number of carbonyl (C=O) groups excluding carboxylic acids is 2. The van der Waals surface area contributed by atoms with Crippen molar-refractivity contribution in [2.75, 3.05) is 25.2 Å². The summed E-state index contributed by atoms with van der Waals surface area (Å²) in [5.74, 6) is -0.819. The van der Waals surface area contributed by atoms with Crippen molar-refractivity contribution in [1.82, 2.24) is 0 Å². The summed E-state index contributed by atoms with van der Waals surface area (Å²) in [6.45, 7) is 5.53. The highest BCUT2D eigenvalue weighted by Gasteiger charge is 2.21. The van der Waals surface area contributed by atoms with Crippen molar-refractivity contribution < 1.29 is 19.1 Å². The van der Waals surface area contributed by atoms with Gasteiger partial charge in [0.15, 0.2) is 0 Å². The van der Waals surface area contributed by atoms with Crippen LogP contribution in [0.25, 0.3) is 22.3 Å². The van der Waals surface area contributed by atoms with E-state index in [9.17, 15) is 9.59 Å². The second-order valence-corrected chi connectivity index (χ2v) is 8.32. The highest BCUT2D eigenvalue weighted by molar-refractivity contribution is 6.02. The van der Waals surface area contributed by atoms with Gasteiger partial charge in [0.05, 0.1) is 29.6 Å². The molecule has 0 fully saturated rings. The highest BCUT2D eigenvalue weighted by atomic mass is 16.6. The van der Waals surface area contributed by atoms with Crippen LogP contribution in [-0.2, 0) is 9.47 Å². The second-order valence-electron chi connectivity index (χ2n) is 8.32. The van der Waals surface area contributed by atoms with E-state index in [2.05, 4.69) is 5.32 Å². The lowest BCUT2D eigenvalue weighted by Gasteiger charge is -2.20. The number of nitrogens with two attached hydrogens (primary N) is 1. The third-order valence-corrected chi connectivity index (χ3v) is 4.95. The Bertz CT molecular complexity index is 1150. The minimum atomic E-state index is -0.576. The summed E-state index contributed by atoms with van der Waals surface area (Å²) in [6.07, 6.45) is 0. The zero-order valence-corrected chi connectivity index (χ0v) is 19.0. The van der Waals surface area contributed by atoms with E-state index in [1.54, 1.807) is 25.2 Å². The molecule has 0 spiro atoms. The largest absolute Gasteiger partial charge is 0.465 e. The Morgan fingerprint density at radius 1 is 0.812 bits per heavy atom. The molecule has 0 radical (unpaired) electrons. The third-order valence-electron chi connectivity index (χ3n) is 4.95. The quantitative estimate of drug-likeness (QED) is 0.415. The zero-order valence-electron chi connectivity index (χ0n) is 19.0. The fourth-order valence-corrected chi connectivity index (χ4v) is 3.50. The monoisotopic (exact) mass is 432 g/mol. The van der Waals surface area contributed by atoms with Crippen molar-refractivity contribution in [1.29, 1.82) is 0 Å². The molecule has 32 heavy (non-hydrogen) atoms. The van der Waals surface area contributed by atoms with Gasteiger partial charge in [-0.1, -0.05) is 48.5 Å². The van der Waals surface area contributed by atoms with Crippen LogP contribution in [0, 0.1) is 0 Å². The van der Waals surface area contributed by atoms with Gasteiger partial charge in [0.1, 0.15) is 5.60 Å². The average Bonchev–Trinajstić information content (AvgIpc) is 2.77.